The minimum absolute atomic E-state index is 0.124. The molecule has 0 radical (unpaired) electrons. The van der Waals surface area contributed by atoms with Gasteiger partial charge in [-0.2, -0.15) is 0 Å². The number of ketones is 1. The fraction of sp³-hybridized carbons (Fsp3) is 0.111. The Morgan fingerprint density at radius 1 is 1.09 bits per heavy atom. The summed E-state index contributed by atoms with van der Waals surface area (Å²) in [6, 6.07) is 17.9. The van der Waals surface area contributed by atoms with Gasteiger partial charge in [0.05, 0.1) is 18.5 Å². The van der Waals surface area contributed by atoms with E-state index in [1.807, 2.05) is 42.5 Å². The summed E-state index contributed by atoms with van der Waals surface area (Å²) >= 11 is 1.19. The van der Waals surface area contributed by atoms with E-state index < -0.39 is 0 Å². The van der Waals surface area contributed by atoms with Crippen molar-refractivity contribution >= 4 is 17.3 Å². The van der Waals surface area contributed by atoms with E-state index in [-0.39, 0.29) is 11.3 Å². The normalized spacial score (nSPS) is 10.5. The summed E-state index contributed by atoms with van der Waals surface area (Å²) in [5.41, 5.74) is 1.41. The zero-order valence-corrected chi connectivity index (χ0v) is 13.4. The van der Waals surface area contributed by atoms with Crippen LogP contribution in [-0.4, -0.2) is 16.8 Å². The molecule has 0 bridgehead atoms. The van der Waals surface area contributed by atoms with E-state index in [4.69, 9.17) is 4.74 Å². The minimum Gasteiger partial charge on any atom is -0.497 e. The van der Waals surface area contributed by atoms with E-state index in [0.717, 1.165) is 11.3 Å². The van der Waals surface area contributed by atoms with Crippen LogP contribution in [-0.2, 0) is 6.54 Å². The van der Waals surface area contributed by atoms with Crippen LogP contribution in [0.5, 0.6) is 5.75 Å². The molecule has 0 atom stereocenters. The second-order valence-electron chi connectivity index (χ2n) is 5.02. The van der Waals surface area contributed by atoms with Crippen LogP contribution in [0.2, 0.25) is 0 Å². The molecular formula is C18H15NO3S. The number of methoxy groups -OCH3 is 1. The number of carbonyl (C=O) groups is 1. The van der Waals surface area contributed by atoms with Crippen molar-refractivity contribution in [1.29, 1.82) is 0 Å². The van der Waals surface area contributed by atoms with E-state index >= 15 is 0 Å². The van der Waals surface area contributed by atoms with Crippen LogP contribution >= 0.6 is 11.5 Å². The fourth-order valence-corrected chi connectivity index (χ4v) is 3.17. The minimum atomic E-state index is -0.162. The van der Waals surface area contributed by atoms with Crippen LogP contribution in [0.4, 0.5) is 0 Å². The highest BCUT2D eigenvalue weighted by Gasteiger charge is 2.14. The van der Waals surface area contributed by atoms with E-state index in [2.05, 4.69) is 0 Å². The summed E-state index contributed by atoms with van der Waals surface area (Å²) in [7, 11) is 1.61. The molecule has 0 saturated carbocycles. The van der Waals surface area contributed by atoms with Gasteiger partial charge in [0.1, 0.15) is 5.75 Å². The fourth-order valence-electron chi connectivity index (χ4n) is 2.22. The second kappa shape index (κ2) is 6.62. The Kier molecular flexibility index (Phi) is 4.39. The molecule has 1 aromatic heterocycles. The zero-order chi connectivity index (χ0) is 16.2. The molecule has 4 nitrogen and oxygen atoms in total. The molecule has 5 heteroatoms. The number of hydrogen-bond acceptors (Lipinski definition) is 4. The van der Waals surface area contributed by atoms with Crippen molar-refractivity contribution < 1.29 is 9.53 Å². The van der Waals surface area contributed by atoms with E-state index in [0.29, 0.717) is 17.0 Å². The van der Waals surface area contributed by atoms with Crippen molar-refractivity contribution in [3.63, 3.8) is 0 Å². The lowest BCUT2D eigenvalue weighted by Crippen LogP contribution is -2.12. The first-order valence-corrected chi connectivity index (χ1v) is 7.88. The molecule has 0 amide bonds. The number of benzene rings is 2. The summed E-state index contributed by atoms with van der Waals surface area (Å²) < 4.78 is 6.70. The molecule has 0 aliphatic rings. The molecule has 3 aromatic rings. The van der Waals surface area contributed by atoms with Crippen LogP contribution in [0.3, 0.4) is 0 Å². The Morgan fingerprint density at radius 2 is 1.78 bits per heavy atom. The van der Waals surface area contributed by atoms with Gasteiger partial charge < -0.3 is 4.74 Å². The first-order chi connectivity index (χ1) is 11.2. The van der Waals surface area contributed by atoms with Crippen molar-refractivity contribution in [2.45, 2.75) is 6.54 Å². The molecule has 0 N–H and O–H groups in total. The quantitative estimate of drug-likeness (QED) is 0.677. The van der Waals surface area contributed by atoms with Crippen molar-refractivity contribution in [2.24, 2.45) is 0 Å². The molecule has 0 aliphatic heterocycles. The Bertz CT molecular complexity index is 863. The average Bonchev–Trinajstić information content (AvgIpc) is 2.96. The van der Waals surface area contributed by atoms with Crippen molar-refractivity contribution in [2.75, 3.05) is 7.11 Å². The number of hydrogen-bond donors (Lipinski definition) is 0. The Morgan fingerprint density at radius 3 is 2.43 bits per heavy atom. The summed E-state index contributed by atoms with van der Waals surface area (Å²) in [5, 5.41) is 0. The maximum absolute atomic E-state index is 12.4. The summed E-state index contributed by atoms with van der Waals surface area (Å²) in [5.74, 6) is 0.647. The van der Waals surface area contributed by atoms with Gasteiger partial charge in [-0.15, -0.1) is 0 Å². The van der Waals surface area contributed by atoms with Gasteiger partial charge in [0.25, 0.3) is 5.56 Å². The first-order valence-electron chi connectivity index (χ1n) is 7.11. The maximum Gasteiger partial charge on any atom is 0.261 e. The summed E-state index contributed by atoms with van der Waals surface area (Å²) in [6.07, 6.45) is 0. The third-order valence-corrected chi connectivity index (χ3v) is 4.48. The molecule has 1 heterocycles. The number of ether oxygens (including phenoxy) is 1. The van der Waals surface area contributed by atoms with Gasteiger partial charge in [-0.1, -0.05) is 54.0 Å². The Hall–Kier alpha value is -2.66. The van der Waals surface area contributed by atoms with Crippen LogP contribution in [0.25, 0.3) is 0 Å². The van der Waals surface area contributed by atoms with Gasteiger partial charge in [-0.25, -0.2) is 0 Å². The molecule has 3 rings (SSSR count). The maximum atomic E-state index is 12.4. The molecule has 2 aromatic carbocycles. The lowest BCUT2D eigenvalue weighted by molar-refractivity contribution is 0.104. The second-order valence-corrected chi connectivity index (χ2v) is 6.08. The molecule has 0 aliphatic carbocycles. The highest BCUT2D eigenvalue weighted by molar-refractivity contribution is 7.08. The van der Waals surface area contributed by atoms with Crippen LogP contribution < -0.4 is 10.3 Å². The smallest absolute Gasteiger partial charge is 0.261 e. The lowest BCUT2D eigenvalue weighted by Gasteiger charge is -2.03. The number of carbonyl (C=O) groups excluding carboxylic acids is 1. The molecule has 0 unspecified atom stereocenters. The standard InChI is InChI=1S/C18H15NO3S/c1-22-15-9-7-13(8-10-15)12-19-17(20)11-16(23-19)18(21)14-5-3-2-4-6-14/h2-11H,12H2,1H3. The predicted molar refractivity (Wildman–Crippen MR) is 90.5 cm³/mol. The van der Waals surface area contributed by atoms with Gasteiger partial charge in [0.2, 0.25) is 5.78 Å². The highest BCUT2D eigenvalue weighted by atomic mass is 32.1. The van der Waals surface area contributed by atoms with Crippen molar-refractivity contribution in [3.8, 4) is 5.75 Å². The van der Waals surface area contributed by atoms with Gasteiger partial charge in [0, 0.05) is 11.6 Å². The first kappa shape index (κ1) is 15.2. The monoisotopic (exact) mass is 325 g/mol. The molecule has 23 heavy (non-hydrogen) atoms. The van der Waals surface area contributed by atoms with E-state index in [1.165, 1.54) is 17.6 Å². The highest BCUT2D eigenvalue weighted by Crippen LogP contribution is 2.16. The van der Waals surface area contributed by atoms with Crippen LogP contribution in [0, 0.1) is 0 Å². The summed E-state index contributed by atoms with van der Waals surface area (Å²) in [4.78, 5) is 24.9. The third-order valence-electron chi connectivity index (χ3n) is 3.45. The third kappa shape index (κ3) is 3.40. The number of aromatic nitrogens is 1. The predicted octanol–water partition coefficient (Wildman–Crippen LogP) is 3.20. The van der Waals surface area contributed by atoms with Gasteiger partial charge in [-0.3, -0.25) is 13.5 Å². The number of nitrogens with zero attached hydrogens (tertiary/aromatic N) is 1. The van der Waals surface area contributed by atoms with E-state index in [1.54, 1.807) is 23.2 Å². The lowest BCUT2D eigenvalue weighted by atomic mass is 10.1. The zero-order valence-electron chi connectivity index (χ0n) is 12.6. The van der Waals surface area contributed by atoms with E-state index in [9.17, 15) is 9.59 Å². The Labute approximate surface area is 137 Å². The summed E-state index contributed by atoms with van der Waals surface area (Å²) in [6.45, 7) is 0.440. The Balaban J connectivity index is 1.83. The number of rotatable bonds is 5. The van der Waals surface area contributed by atoms with Gasteiger partial charge >= 0.3 is 0 Å². The largest absolute Gasteiger partial charge is 0.497 e. The molecule has 0 fully saturated rings. The molecule has 0 spiro atoms. The van der Waals surface area contributed by atoms with Gasteiger partial charge in [-0.05, 0) is 17.7 Å². The average molecular weight is 325 g/mol. The molecule has 116 valence electrons. The van der Waals surface area contributed by atoms with Gasteiger partial charge in [0.15, 0.2) is 0 Å². The van der Waals surface area contributed by atoms with Crippen LogP contribution in [0.15, 0.2) is 65.5 Å². The van der Waals surface area contributed by atoms with Crippen molar-refractivity contribution in [1.82, 2.24) is 3.96 Å². The topological polar surface area (TPSA) is 48.3 Å². The molecular weight excluding hydrogens is 310 g/mol. The van der Waals surface area contributed by atoms with Crippen molar-refractivity contribution in [3.05, 3.63) is 87.0 Å². The molecule has 0 saturated heterocycles. The SMILES string of the molecule is COc1ccc(Cn2sc(C(=O)c3ccccc3)cc2=O)cc1. The van der Waals surface area contributed by atoms with Crippen LogP contribution in [0.1, 0.15) is 20.8 Å².